The number of aromatic nitrogens is 1. The van der Waals surface area contributed by atoms with Crippen LogP contribution in [0.1, 0.15) is 0 Å². The zero-order chi connectivity index (χ0) is 10.2. The van der Waals surface area contributed by atoms with Crippen molar-refractivity contribution in [2.45, 2.75) is 0 Å². The van der Waals surface area contributed by atoms with E-state index in [1.165, 1.54) is 6.20 Å². The molecule has 0 fully saturated rings. The Morgan fingerprint density at radius 3 is 2.57 bits per heavy atom. The molecule has 0 aliphatic carbocycles. The molecular formula is C9H8NO3P. The van der Waals surface area contributed by atoms with Crippen LogP contribution in [0.4, 0.5) is 0 Å². The van der Waals surface area contributed by atoms with Crippen molar-refractivity contribution in [2.75, 3.05) is 0 Å². The standard InChI is InChI=1S/C9H8NO3P/c11-14(12,13)9-6-10-5-7-3-1-2-4-8(7)9/h1-6H,(H2,11,12,13). The molecule has 0 unspecified atom stereocenters. The highest BCUT2D eigenvalue weighted by atomic mass is 31.2. The van der Waals surface area contributed by atoms with Gasteiger partial charge >= 0.3 is 7.60 Å². The summed E-state index contributed by atoms with van der Waals surface area (Å²) in [6, 6.07) is 6.97. The Kier molecular flexibility index (Phi) is 2.11. The third-order valence-electron chi connectivity index (χ3n) is 1.96. The summed E-state index contributed by atoms with van der Waals surface area (Å²) in [7, 11) is -4.23. The third kappa shape index (κ3) is 1.55. The van der Waals surface area contributed by atoms with Crippen LogP contribution in [0.2, 0.25) is 0 Å². The fourth-order valence-corrected chi connectivity index (χ4v) is 2.07. The first-order valence-electron chi connectivity index (χ1n) is 3.98. The Morgan fingerprint density at radius 1 is 1.14 bits per heavy atom. The van der Waals surface area contributed by atoms with Crippen LogP contribution in [-0.2, 0) is 4.57 Å². The number of rotatable bonds is 1. The average Bonchev–Trinajstić information content (AvgIpc) is 2.15. The monoisotopic (exact) mass is 209 g/mol. The lowest BCUT2D eigenvalue weighted by Crippen LogP contribution is -2.06. The second-order valence-electron chi connectivity index (χ2n) is 2.92. The van der Waals surface area contributed by atoms with Crippen LogP contribution < -0.4 is 5.30 Å². The van der Waals surface area contributed by atoms with Crippen molar-refractivity contribution in [3.05, 3.63) is 36.7 Å². The smallest absolute Gasteiger partial charge is 0.321 e. The van der Waals surface area contributed by atoms with E-state index in [1.807, 2.05) is 0 Å². The first-order chi connectivity index (χ1) is 6.59. The van der Waals surface area contributed by atoms with E-state index in [-0.39, 0.29) is 5.30 Å². The molecule has 2 N–H and O–H groups in total. The van der Waals surface area contributed by atoms with Gasteiger partial charge in [-0.15, -0.1) is 0 Å². The van der Waals surface area contributed by atoms with Gasteiger partial charge in [-0.2, -0.15) is 0 Å². The summed E-state index contributed by atoms with van der Waals surface area (Å²) < 4.78 is 11.1. The zero-order valence-corrected chi connectivity index (χ0v) is 8.06. The minimum atomic E-state index is -4.23. The molecule has 2 rings (SSSR count). The molecule has 72 valence electrons. The molecule has 4 nitrogen and oxygen atoms in total. The van der Waals surface area contributed by atoms with Gasteiger partial charge in [0.05, 0.1) is 5.30 Å². The molecule has 0 bridgehead atoms. The Balaban J connectivity index is 2.85. The maximum absolute atomic E-state index is 11.1. The quantitative estimate of drug-likeness (QED) is 0.688. The van der Waals surface area contributed by atoms with Crippen molar-refractivity contribution in [1.29, 1.82) is 0 Å². The molecule has 0 saturated heterocycles. The molecule has 2 aromatic rings. The number of benzene rings is 1. The van der Waals surface area contributed by atoms with E-state index >= 15 is 0 Å². The molecule has 0 radical (unpaired) electrons. The molecule has 0 atom stereocenters. The highest BCUT2D eigenvalue weighted by Gasteiger charge is 2.19. The van der Waals surface area contributed by atoms with Gasteiger partial charge < -0.3 is 9.79 Å². The molecular weight excluding hydrogens is 201 g/mol. The molecule has 1 heterocycles. The van der Waals surface area contributed by atoms with Crippen molar-refractivity contribution >= 4 is 23.7 Å². The number of hydrogen-bond donors (Lipinski definition) is 2. The molecule has 1 aromatic carbocycles. The maximum Gasteiger partial charge on any atom is 0.358 e. The van der Waals surface area contributed by atoms with E-state index in [4.69, 9.17) is 9.79 Å². The fraction of sp³-hybridized carbons (Fsp3) is 0. The van der Waals surface area contributed by atoms with E-state index in [2.05, 4.69) is 4.98 Å². The van der Waals surface area contributed by atoms with Crippen LogP contribution in [-0.4, -0.2) is 14.8 Å². The summed E-state index contributed by atoms with van der Waals surface area (Å²) in [4.78, 5) is 21.9. The third-order valence-corrected chi connectivity index (χ3v) is 2.95. The molecule has 0 aliphatic rings. The molecule has 0 amide bonds. The van der Waals surface area contributed by atoms with Crippen LogP contribution >= 0.6 is 7.60 Å². The van der Waals surface area contributed by atoms with Crippen LogP contribution in [0.5, 0.6) is 0 Å². The van der Waals surface area contributed by atoms with Gasteiger partial charge in [0.25, 0.3) is 0 Å². The van der Waals surface area contributed by atoms with Crippen LogP contribution in [0.3, 0.4) is 0 Å². The number of nitrogens with zero attached hydrogens (tertiary/aromatic N) is 1. The van der Waals surface area contributed by atoms with Gasteiger partial charge in [0.2, 0.25) is 0 Å². The SMILES string of the molecule is O=P(O)(O)c1cncc2ccccc12. The largest absolute Gasteiger partial charge is 0.358 e. The Hall–Kier alpha value is -1.22. The summed E-state index contributed by atoms with van der Waals surface area (Å²) in [5.41, 5.74) is 0. The number of pyridine rings is 1. The average molecular weight is 209 g/mol. The normalized spacial score (nSPS) is 11.9. The first-order valence-corrected chi connectivity index (χ1v) is 5.59. The lowest BCUT2D eigenvalue weighted by molar-refractivity contribution is 0.387. The van der Waals surface area contributed by atoms with Crippen LogP contribution in [0, 0.1) is 0 Å². The van der Waals surface area contributed by atoms with Crippen molar-refractivity contribution < 1.29 is 14.4 Å². The Bertz CT molecular complexity index is 515. The van der Waals surface area contributed by atoms with E-state index in [0.29, 0.717) is 5.39 Å². The van der Waals surface area contributed by atoms with E-state index < -0.39 is 7.60 Å². The second kappa shape index (κ2) is 3.17. The summed E-state index contributed by atoms with van der Waals surface area (Å²) in [6.07, 6.45) is 2.79. The first kappa shape index (κ1) is 9.34. The fourth-order valence-electron chi connectivity index (χ4n) is 1.33. The van der Waals surface area contributed by atoms with Crippen LogP contribution in [0.25, 0.3) is 10.8 Å². The topological polar surface area (TPSA) is 70.4 Å². The van der Waals surface area contributed by atoms with E-state index in [9.17, 15) is 4.57 Å². The van der Waals surface area contributed by atoms with Crippen molar-refractivity contribution in [2.24, 2.45) is 0 Å². The molecule has 14 heavy (non-hydrogen) atoms. The highest BCUT2D eigenvalue weighted by molar-refractivity contribution is 7.60. The highest BCUT2D eigenvalue weighted by Crippen LogP contribution is 2.35. The molecule has 0 spiro atoms. The van der Waals surface area contributed by atoms with Gasteiger partial charge in [0, 0.05) is 23.2 Å². The lowest BCUT2D eigenvalue weighted by Gasteiger charge is -2.06. The molecule has 0 saturated carbocycles. The summed E-state index contributed by atoms with van der Waals surface area (Å²) in [5.74, 6) is 0. The van der Waals surface area contributed by atoms with Gasteiger partial charge in [-0.05, 0) is 0 Å². The Labute approximate surface area is 80.4 Å². The predicted molar refractivity (Wildman–Crippen MR) is 53.4 cm³/mol. The van der Waals surface area contributed by atoms with Crippen molar-refractivity contribution in [3.8, 4) is 0 Å². The Morgan fingerprint density at radius 2 is 1.86 bits per heavy atom. The van der Waals surface area contributed by atoms with Gasteiger partial charge in [-0.1, -0.05) is 24.3 Å². The van der Waals surface area contributed by atoms with Crippen molar-refractivity contribution in [3.63, 3.8) is 0 Å². The second-order valence-corrected chi connectivity index (χ2v) is 4.49. The summed E-state index contributed by atoms with van der Waals surface area (Å²) in [6.45, 7) is 0. The summed E-state index contributed by atoms with van der Waals surface area (Å²) >= 11 is 0. The van der Waals surface area contributed by atoms with Crippen molar-refractivity contribution in [1.82, 2.24) is 4.98 Å². The molecule has 5 heteroatoms. The van der Waals surface area contributed by atoms with Gasteiger partial charge in [-0.25, -0.2) is 0 Å². The predicted octanol–water partition coefficient (Wildman–Crippen LogP) is 1.04. The van der Waals surface area contributed by atoms with Gasteiger partial charge in [0.15, 0.2) is 0 Å². The van der Waals surface area contributed by atoms with E-state index in [1.54, 1.807) is 30.5 Å². The number of fused-ring (bicyclic) bond motifs is 1. The van der Waals surface area contributed by atoms with Crippen LogP contribution in [0.15, 0.2) is 36.7 Å². The van der Waals surface area contributed by atoms with E-state index in [0.717, 1.165) is 5.39 Å². The summed E-state index contributed by atoms with van der Waals surface area (Å²) in [5, 5.41) is 1.26. The van der Waals surface area contributed by atoms with Gasteiger partial charge in [0.1, 0.15) is 0 Å². The molecule has 0 aliphatic heterocycles. The van der Waals surface area contributed by atoms with Gasteiger partial charge in [-0.3, -0.25) is 9.55 Å². The lowest BCUT2D eigenvalue weighted by atomic mass is 10.2. The minimum Gasteiger partial charge on any atom is -0.321 e. The minimum absolute atomic E-state index is 0.0180. The number of hydrogen-bond acceptors (Lipinski definition) is 2. The maximum atomic E-state index is 11.1. The zero-order valence-electron chi connectivity index (χ0n) is 7.16. The molecule has 1 aromatic heterocycles.